The Kier molecular flexibility index (Phi) is 4.74. The van der Waals surface area contributed by atoms with Gasteiger partial charge in [0.25, 0.3) is 10.1 Å². The third kappa shape index (κ3) is 7.97. The summed E-state index contributed by atoms with van der Waals surface area (Å²) in [5.41, 5.74) is 0. The fourth-order valence-electron chi connectivity index (χ4n) is 0.654. The normalized spacial score (nSPS) is 15.1. The average Bonchev–Trinajstić information content (AvgIpc) is 1.79. The molecule has 0 aromatic rings. The molecule has 4 nitrogen and oxygen atoms in total. The van der Waals surface area contributed by atoms with E-state index >= 15 is 0 Å². The molecule has 1 unspecified atom stereocenters. The molecule has 0 aromatic heterocycles. The molecule has 0 fully saturated rings. The summed E-state index contributed by atoms with van der Waals surface area (Å²) in [6.07, 6.45) is 0.705. The van der Waals surface area contributed by atoms with Gasteiger partial charge in [0.2, 0.25) is 0 Å². The Labute approximate surface area is 74.0 Å². The van der Waals surface area contributed by atoms with Crippen molar-refractivity contribution in [3.8, 4) is 0 Å². The van der Waals surface area contributed by atoms with Crippen LogP contribution in [0.1, 0.15) is 20.8 Å². The molecule has 0 aliphatic heterocycles. The number of ether oxygens (including phenoxy) is 1. The highest BCUT2D eigenvalue weighted by Gasteiger charge is 2.10. The zero-order valence-electron chi connectivity index (χ0n) is 7.90. The standard InChI is InChI=1S/C7H16O4S/c1-6(2)10-5-7(3)11-12(4,8)9/h6-7H,5H2,1-4H3. The minimum absolute atomic E-state index is 0.0932. The second-order valence-corrected chi connectivity index (χ2v) is 4.59. The van der Waals surface area contributed by atoms with E-state index in [4.69, 9.17) is 4.74 Å². The van der Waals surface area contributed by atoms with E-state index in [-0.39, 0.29) is 6.10 Å². The van der Waals surface area contributed by atoms with E-state index in [9.17, 15) is 8.42 Å². The maximum Gasteiger partial charge on any atom is 0.264 e. The number of rotatable bonds is 5. The van der Waals surface area contributed by atoms with Crippen molar-refractivity contribution in [1.29, 1.82) is 0 Å². The Bertz CT molecular complexity index is 207. The summed E-state index contributed by atoms with van der Waals surface area (Å²) in [6, 6.07) is 0. The molecular weight excluding hydrogens is 180 g/mol. The van der Waals surface area contributed by atoms with Crippen molar-refractivity contribution < 1.29 is 17.3 Å². The van der Waals surface area contributed by atoms with Crippen LogP contribution in [0.3, 0.4) is 0 Å². The second kappa shape index (κ2) is 4.79. The topological polar surface area (TPSA) is 52.6 Å². The van der Waals surface area contributed by atoms with E-state index in [0.29, 0.717) is 6.61 Å². The van der Waals surface area contributed by atoms with Gasteiger partial charge in [0.1, 0.15) is 0 Å². The Morgan fingerprint density at radius 3 is 2.08 bits per heavy atom. The minimum Gasteiger partial charge on any atom is -0.376 e. The first-order chi connectivity index (χ1) is 5.31. The van der Waals surface area contributed by atoms with Gasteiger partial charge in [-0.15, -0.1) is 0 Å². The van der Waals surface area contributed by atoms with Gasteiger partial charge < -0.3 is 4.74 Å². The van der Waals surface area contributed by atoms with E-state index in [2.05, 4.69) is 4.18 Å². The molecule has 0 amide bonds. The fraction of sp³-hybridized carbons (Fsp3) is 1.00. The van der Waals surface area contributed by atoms with Crippen LogP contribution in [0.4, 0.5) is 0 Å². The molecule has 0 heterocycles. The van der Waals surface area contributed by atoms with Gasteiger partial charge >= 0.3 is 0 Å². The van der Waals surface area contributed by atoms with Gasteiger partial charge in [-0.3, -0.25) is 4.18 Å². The Balaban J connectivity index is 3.68. The molecule has 0 aliphatic carbocycles. The Morgan fingerprint density at radius 1 is 1.25 bits per heavy atom. The third-order valence-corrected chi connectivity index (χ3v) is 1.68. The van der Waals surface area contributed by atoms with Gasteiger partial charge in [-0.05, 0) is 20.8 Å². The van der Waals surface area contributed by atoms with E-state index in [1.54, 1.807) is 6.92 Å². The second-order valence-electron chi connectivity index (χ2n) is 2.99. The van der Waals surface area contributed by atoms with Crippen LogP contribution in [-0.4, -0.2) is 33.5 Å². The quantitative estimate of drug-likeness (QED) is 0.610. The van der Waals surface area contributed by atoms with Crippen molar-refractivity contribution in [2.75, 3.05) is 12.9 Å². The average molecular weight is 196 g/mol. The van der Waals surface area contributed by atoms with Crippen molar-refractivity contribution in [1.82, 2.24) is 0 Å². The van der Waals surface area contributed by atoms with Crippen molar-refractivity contribution >= 4 is 10.1 Å². The molecule has 0 spiro atoms. The lowest BCUT2D eigenvalue weighted by atomic mass is 10.4. The lowest BCUT2D eigenvalue weighted by Gasteiger charge is -2.13. The molecule has 74 valence electrons. The molecule has 0 rings (SSSR count). The summed E-state index contributed by atoms with van der Waals surface area (Å²) in [7, 11) is -3.35. The van der Waals surface area contributed by atoms with Gasteiger partial charge in [0, 0.05) is 0 Å². The first-order valence-electron chi connectivity index (χ1n) is 3.81. The van der Waals surface area contributed by atoms with E-state index in [1.165, 1.54) is 0 Å². The van der Waals surface area contributed by atoms with Crippen molar-refractivity contribution in [2.45, 2.75) is 33.0 Å². The summed E-state index contributed by atoms with van der Waals surface area (Å²) in [5.74, 6) is 0. The fourth-order valence-corrected chi connectivity index (χ4v) is 1.31. The largest absolute Gasteiger partial charge is 0.376 e. The van der Waals surface area contributed by atoms with E-state index in [1.807, 2.05) is 13.8 Å². The predicted octanol–water partition coefficient (Wildman–Crippen LogP) is 0.776. The van der Waals surface area contributed by atoms with Gasteiger partial charge in [0.05, 0.1) is 25.1 Å². The van der Waals surface area contributed by atoms with Crippen LogP contribution in [0, 0.1) is 0 Å². The predicted molar refractivity (Wildman–Crippen MR) is 46.5 cm³/mol. The lowest BCUT2D eigenvalue weighted by Crippen LogP contribution is -2.21. The molecule has 12 heavy (non-hydrogen) atoms. The number of hydrogen-bond donors (Lipinski definition) is 0. The minimum atomic E-state index is -3.35. The molecule has 0 aromatic carbocycles. The van der Waals surface area contributed by atoms with Gasteiger partial charge in [0.15, 0.2) is 0 Å². The first kappa shape index (κ1) is 11.9. The monoisotopic (exact) mass is 196 g/mol. The van der Waals surface area contributed by atoms with Gasteiger partial charge in [-0.25, -0.2) is 0 Å². The third-order valence-electron chi connectivity index (χ3n) is 1.00. The molecule has 0 N–H and O–H groups in total. The lowest BCUT2D eigenvalue weighted by molar-refractivity contribution is 0.0255. The van der Waals surface area contributed by atoms with Crippen LogP contribution >= 0.6 is 0 Å². The van der Waals surface area contributed by atoms with Crippen molar-refractivity contribution in [2.24, 2.45) is 0 Å². The molecule has 1 atom stereocenters. The zero-order valence-corrected chi connectivity index (χ0v) is 8.72. The summed E-state index contributed by atoms with van der Waals surface area (Å²) in [5, 5.41) is 0. The summed E-state index contributed by atoms with van der Waals surface area (Å²) in [6.45, 7) is 5.72. The Morgan fingerprint density at radius 2 is 1.75 bits per heavy atom. The van der Waals surface area contributed by atoms with Gasteiger partial charge in [-0.1, -0.05) is 0 Å². The zero-order chi connectivity index (χ0) is 9.78. The van der Waals surface area contributed by atoms with Crippen LogP contribution in [0.5, 0.6) is 0 Å². The highest BCUT2D eigenvalue weighted by Crippen LogP contribution is 1.99. The highest BCUT2D eigenvalue weighted by atomic mass is 32.2. The first-order valence-corrected chi connectivity index (χ1v) is 5.63. The van der Waals surface area contributed by atoms with Crippen LogP contribution in [0.25, 0.3) is 0 Å². The molecular formula is C7H16O4S. The van der Waals surface area contributed by atoms with E-state index in [0.717, 1.165) is 6.26 Å². The van der Waals surface area contributed by atoms with E-state index < -0.39 is 16.2 Å². The molecule has 0 saturated heterocycles. The molecule has 0 saturated carbocycles. The van der Waals surface area contributed by atoms with Crippen LogP contribution in [0.15, 0.2) is 0 Å². The smallest absolute Gasteiger partial charge is 0.264 e. The number of hydrogen-bond acceptors (Lipinski definition) is 4. The van der Waals surface area contributed by atoms with Crippen LogP contribution in [0.2, 0.25) is 0 Å². The van der Waals surface area contributed by atoms with Crippen LogP contribution in [-0.2, 0) is 19.0 Å². The molecule has 0 bridgehead atoms. The van der Waals surface area contributed by atoms with Crippen molar-refractivity contribution in [3.63, 3.8) is 0 Å². The molecule has 0 radical (unpaired) electrons. The summed E-state index contributed by atoms with van der Waals surface area (Å²) < 4.78 is 31.0. The van der Waals surface area contributed by atoms with Gasteiger partial charge in [-0.2, -0.15) is 8.42 Å². The van der Waals surface area contributed by atoms with Crippen LogP contribution < -0.4 is 0 Å². The molecule has 5 heteroatoms. The summed E-state index contributed by atoms with van der Waals surface area (Å²) >= 11 is 0. The van der Waals surface area contributed by atoms with Crippen molar-refractivity contribution in [3.05, 3.63) is 0 Å². The maximum atomic E-state index is 10.6. The highest BCUT2D eigenvalue weighted by molar-refractivity contribution is 7.86. The maximum absolute atomic E-state index is 10.6. The SMILES string of the molecule is CC(C)OCC(C)OS(C)(=O)=O. The Hall–Kier alpha value is -0.130. The molecule has 0 aliphatic rings. The summed E-state index contributed by atoms with van der Waals surface area (Å²) in [4.78, 5) is 0.